The number of nitrogens with one attached hydrogen (secondary N) is 2. The SMILES string of the molecule is O=C(N[C@H]1CCCNC1)C1CC(=O)N(c2ccc3c(c2)OCCO3)C1. The molecule has 3 heterocycles. The molecule has 0 bridgehead atoms. The van der Waals surface area contributed by atoms with Crippen molar-refractivity contribution >= 4 is 17.5 Å². The van der Waals surface area contributed by atoms with Gasteiger partial charge in [0.2, 0.25) is 11.8 Å². The Morgan fingerprint density at radius 1 is 1.24 bits per heavy atom. The highest BCUT2D eigenvalue weighted by molar-refractivity contribution is 6.00. The summed E-state index contributed by atoms with van der Waals surface area (Å²) < 4.78 is 11.1. The van der Waals surface area contributed by atoms with E-state index in [0.717, 1.165) is 31.6 Å². The maximum absolute atomic E-state index is 12.5. The Morgan fingerprint density at radius 2 is 2.08 bits per heavy atom. The zero-order valence-corrected chi connectivity index (χ0v) is 14.1. The minimum absolute atomic E-state index is 0.0258. The zero-order chi connectivity index (χ0) is 17.2. The summed E-state index contributed by atoms with van der Waals surface area (Å²) in [7, 11) is 0. The van der Waals surface area contributed by atoms with E-state index in [9.17, 15) is 9.59 Å². The predicted octanol–water partition coefficient (Wildman–Crippen LogP) is 0.679. The summed E-state index contributed by atoms with van der Waals surface area (Å²) >= 11 is 0. The summed E-state index contributed by atoms with van der Waals surface area (Å²) in [5.74, 6) is 0.988. The molecule has 4 rings (SSSR count). The highest BCUT2D eigenvalue weighted by Crippen LogP contribution is 2.36. The molecular weight excluding hydrogens is 322 g/mol. The monoisotopic (exact) mass is 345 g/mol. The number of benzene rings is 1. The maximum Gasteiger partial charge on any atom is 0.227 e. The highest BCUT2D eigenvalue weighted by atomic mass is 16.6. The quantitative estimate of drug-likeness (QED) is 0.842. The molecule has 1 aromatic carbocycles. The van der Waals surface area contributed by atoms with E-state index >= 15 is 0 Å². The van der Waals surface area contributed by atoms with Crippen LogP contribution < -0.4 is 25.0 Å². The van der Waals surface area contributed by atoms with Gasteiger partial charge in [0.15, 0.2) is 11.5 Å². The number of ether oxygens (including phenoxy) is 2. The smallest absolute Gasteiger partial charge is 0.227 e. The lowest BCUT2D eigenvalue weighted by molar-refractivity contribution is -0.127. The summed E-state index contributed by atoms with van der Waals surface area (Å²) in [5.41, 5.74) is 0.754. The van der Waals surface area contributed by atoms with E-state index in [0.29, 0.717) is 31.3 Å². The molecule has 0 radical (unpaired) electrons. The molecular formula is C18H23N3O4. The van der Waals surface area contributed by atoms with Crippen LogP contribution >= 0.6 is 0 Å². The molecule has 2 fully saturated rings. The Balaban J connectivity index is 1.42. The van der Waals surface area contributed by atoms with Gasteiger partial charge in [0.05, 0.1) is 5.92 Å². The Labute approximate surface area is 146 Å². The molecule has 2 atom stereocenters. The third-order valence-corrected chi connectivity index (χ3v) is 4.98. The lowest BCUT2D eigenvalue weighted by Crippen LogP contribution is -2.47. The predicted molar refractivity (Wildman–Crippen MR) is 91.9 cm³/mol. The molecule has 25 heavy (non-hydrogen) atoms. The van der Waals surface area contributed by atoms with Crippen LogP contribution in [0.5, 0.6) is 11.5 Å². The number of amides is 2. The van der Waals surface area contributed by atoms with Gasteiger partial charge in [0.25, 0.3) is 0 Å². The zero-order valence-electron chi connectivity index (χ0n) is 14.1. The van der Waals surface area contributed by atoms with Crippen LogP contribution in [0.1, 0.15) is 19.3 Å². The van der Waals surface area contributed by atoms with Crippen molar-refractivity contribution in [1.29, 1.82) is 0 Å². The van der Waals surface area contributed by atoms with Crippen molar-refractivity contribution < 1.29 is 19.1 Å². The summed E-state index contributed by atoms with van der Waals surface area (Å²) in [6.07, 6.45) is 2.31. The number of carbonyl (C=O) groups is 2. The van der Waals surface area contributed by atoms with Crippen molar-refractivity contribution in [2.75, 3.05) is 37.7 Å². The minimum Gasteiger partial charge on any atom is -0.486 e. The minimum atomic E-state index is -0.303. The van der Waals surface area contributed by atoms with E-state index in [1.807, 2.05) is 18.2 Å². The first-order valence-electron chi connectivity index (χ1n) is 8.92. The van der Waals surface area contributed by atoms with Crippen LogP contribution in [0, 0.1) is 5.92 Å². The van der Waals surface area contributed by atoms with Gasteiger partial charge in [0.1, 0.15) is 13.2 Å². The number of rotatable bonds is 3. The lowest BCUT2D eigenvalue weighted by atomic mass is 10.0. The second kappa shape index (κ2) is 6.92. The standard InChI is InChI=1S/C18H23N3O4/c22-17-8-12(18(23)20-13-2-1-5-19-10-13)11-21(17)14-3-4-15-16(9-14)25-7-6-24-15/h3-4,9,12-13,19H,1-2,5-8,10-11H2,(H,20,23)/t12?,13-/m0/s1. The van der Waals surface area contributed by atoms with Gasteiger partial charge in [-0.2, -0.15) is 0 Å². The van der Waals surface area contributed by atoms with Crippen molar-refractivity contribution in [2.45, 2.75) is 25.3 Å². The van der Waals surface area contributed by atoms with Crippen LogP contribution in [0.3, 0.4) is 0 Å². The van der Waals surface area contributed by atoms with E-state index in [2.05, 4.69) is 10.6 Å². The fourth-order valence-electron chi connectivity index (χ4n) is 3.63. The summed E-state index contributed by atoms with van der Waals surface area (Å²) in [5, 5.41) is 6.36. The number of carbonyl (C=O) groups excluding carboxylic acids is 2. The van der Waals surface area contributed by atoms with Gasteiger partial charge < -0.3 is 25.0 Å². The number of anilines is 1. The van der Waals surface area contributed by atoms with Gasteiger partial charge in [0, 0.05) is 37.3 Å². The first-order chi connectivity index (χ1) is 12.2. The lowest BCUT2D eigenvalue weighted by Gasteiger charge is -2.25. The number of hydrogen-bond acceptors (Lipinski definition) is 5. The van der Waals surface area contributed by atoms with Crippen LogP contribution in [-0.4, -0.2) is 50.7 Å². The maximum atomic E-state index is 12.5. The second-order valence-corrected chi connectivity index (χ2v) is 6.79. The third-order valence-electron chi connectivity index (χ3n) is 4.98. The highest BCUT2D eigenvalue weighted by Gasteiger charge is 2.36. The Morgan fingerprint density at radius 3 is 2.88 bits per heavy atom. The molecule has 1 aromatic rings. The summed E-state index contributed by atoms with van der Waals surface area (Å²) in [6.45, 7) is 3.26. The Hall–Kier alpha value is -2.28. The van der Waals surface area contributed by atoms with Gasteiger partial charge >= 0.3 is 0 Å². The first-order valence-corrected chi connectivity index (χ1v) is 8.92. The van der Waals surface area contributed by atoms with E-state index in [4.69, 9.17) is 9.47 Å². The number of piperidine rings is 1. The normalized spacial score (nSPS) is 25.8. The van der Waals surface area contributed by atoms with Crippen LogP contribution in [0.2, 0.25) is 0 Å². The topological polar surface area (TPSA) is 79.9 Å². The van der Waals surface area contributed by atoms with Gasteiger partial charge in [-0.1, -0.05) is 0 Å². The molecule has 0 spiro atoms. The van der Waals surface area contributed by atoms with Crippen LogP contribution in [-0.2, 0) is 9.59 Å². The molecule has 3 aliphatic heterocycles. The van der Waals surface area contributed by atoms with Gasteiger partial charge in [-0.3, -0.25) is 9.59 Å². The van der Waals surface area contributed by atoms with Crippen molar-refractivity contribution in [3.05, 3.63) is 18.2 Å². The number of nitrogens with zero attached hydrogens (tertiary/aromatic N) is 1. The molecule has 134 valence electrons. The number of hydrogen-bond donors (Lipinski definition) is 2. The summed E-state index contributed by atoms with van der Waals surface area (Å²) in [4.78, 5) is 26.6. The fraction of sp³-hybridized carbons (Fsp3) is 0.556. The molecule has 7 nitrogen and oxygen atoms in total. The molecule has 2 N–H and O–H groups in total. The van der Waals surface area contributed by atoms with E-state index in [1.165, 1.54) is 0 Å². The van der Waals surface area contributed by atoms with Crippen LogP contribution in [0.4, 0.5) is 5.69 Å². The van der Waals surface area contributed by atoms with E-state index in [-0.39, 0.29) is 30.2 Å². The van der Waals surface area contributed by atoms with Gasteiger partial charge in [-0.05, 0) is 31.5 Å². The molecule has 0 aliphatic carbocycles. The molecule has 3 aliphatic rings. The largest absolute Gasteiger partial charge is 0.486 e. The fourth-order valence-corrected chi connectivity index (χ4v) is 3.63. The number of fused-ring (bicyclic) bond motifs is 1. The first kappa shape index (κ1) is 16.2. The van der Waals surface area contributed by atoms with Crippen LogP contribution in [0.15, 0.2) is 18.2 Å². The van der Waals surface area contributed by atoms with Crippen molar-refractivity contribution in [1.82, 2.24) is 10.6 Å². The average Bonchev–Trinajstić information content (AvgIpc) is 3.04. The summed E-state index contributed by atoms with van der Waals surface area (Å²) in [6, 6.07) is 5.65. The second-order valence-electron chi connectivity index (χ2n) is 6.79. The molecule has 2 saturated heterocycles. The molecule has 0 aromatic heterocycles. The Kier molecular flexibility index (Phi) is 4.48. The molecule has 1 unspecified atom stereocenters. The van der Waals surface area contributed by atoms with Gasteiger partial charge in [-0.25, -0.2) is 0 Å². The Bertz CT molecular complexity index is 672. The molecule has 2 amide bonds. The molecule has 0 saturated carbocycles. The molecule has 7 heteroatoms. The van der Waals surface area contributed by atoms with Crippen molar-refractivity contribution in [3.63, 3.8) is 0 Å². The van der Waals surface area contributed by atoms with Gasteiger partial charge in [-0.15, -0.1) is 0 Å². The van der Waals surface area contributed by atoms with Crippen molar-refractivity contribution in [3.8, 4) is 11.5 Å². The van der Waals surface area contributed by atoms with E-state index < -0.39 is 0 Å². The third kappa shape index (κ3) is 3.42. The van der Waals surface area contributed by atoms with Crippen LogP contribution in [0.25, 0.3) is 0 Å². The van der Waals surface area contributed by atoms with E-state index in [1.54, 1.807) is 4.90 Å². The van der Waals surface area contributed by atoms with Crippen molar-refractivity contribution in [2.24, 2.45) is 5.92 Å². The average molecular weight is 345 g/mol.